The molecule has 0 unspecified atom stereocenters. The highest BCUT2D eigenvalue weighted by Crippen LogP contribution is 2.52. The Bertz CT molecular complexity index is 4050. The van der Waals surface area contributed by atoms with E-state index in [-0.39, 0.29) is 0 Å². The van der Waals surface area contributed by atoms with Crippen LogP contribution in [0.2, 0.25) is 0 Å². The molecule has 0 spiro atoms. The third-order valence-corrected chi connectivity index (χ3v) is 15.7. The molecule has 0 nitrogen and oxygen atoms in total. The van der Waals surface area contributed by atoms with Gasteiger partial charge in [-0.25, -0.2) is 0 Å². The van der Waals surface area contributed by atoms with Crippen molar-refractivity contribution < 1.29 is 0 Å². The molecule has 0 atom stereocenters. The summed E-state index contributed by atoms with van der Waals surface area (Å²) in [4.78, 5) is 0. The van der Waals surface area contributed by atoms with Crippen LogP contribution >= 0.6 is 22.7 Å². The smallest absolute Gasteiger partial charge is 0.0355 e. The zero-order valence-corrected chi connectivity index (χ0v) is 35.1. The zero-order chi connectivity index (χ0) is 40.5. The molecule has 2 heteroatoms. The van der Waals surface area contributed by atoms with E-state index in [0.29, 0.717) is 0 Å². The highest BCUT2D eigenvalue weighted by atomic mass is 32.1. The molecule has 0 saturated heterocycles. The van der Waals surface area contributed by atoms with Crippen LogP contribution in [0.15, 0.2) is 206 Å². The van der Waals surface area contributed by atoms with Crippen molar-refractivity contribution in [2.24, 2.45) is 0 Å². The van der Waals surface area contributed by atoms with Crippen LogP contribution < -0.4 is 0 Å². The van der Waals surface area contributed by atoms with Gasteiger partial charge >= 0.3 is 0 Å². The Hall–Kier alpha value is -7.36. The van der Waals surface area contributed by atoms with Gasteiger partial charge in [0, 0.05) is 40.3 Å². The molecule has 1 aliphatic rings. The van der Waals surface area contributed by atoms with Crippen molar-refractivity contribution >= 4 is 95.3 Å². The summed E-state index contributed by atoms with van der Waals surface area (Å²) in [5.41, 5.74) is 14.9. The Balaban J connectivity index is 1.07. The summed E-state index contributed by atoms with van der Waals surface area (Å²) in [5.74, 6) is 0. The summed E-state index contributed by atoms with van der Waals surface area (Å²) in [6.07, 6.45) is 0. The first-order valence-electron chi connectivity index (χ1n) is 21.3. The molecule has 0 N–H and O–H groups in total. The first-order valence-corrected chi connectivity index (χ1v) is 22.9. The average molecular weight is 819 g/mol. The summed E-state index contributed by atoms with van der Waals surface area (Å²) in [7, 11) is 0. The molecule has 0 saturated carbocycles. The molecule has 11 aromatic carbocycles. The standard InChI is InChI=1S/C60H34S2/c1-3-13-41-39(11-1)40-12-2-4-14-42(40)52-34-54-50-30-36(38-24-28-60-56(32-38)48-18-8-10-20-58(48)62-60)22-26-46(50)45-25-21-35(29-49(45)43-15-5-6-16-44(43)53(54)33-51(41)52)37-23-27-59-55(31-37)47-17-7-9-19-57(47)61-59/h1-34H. The van der Waals surface area contributed by atoms with E-state index in [2.05, 4.69) is 206 Å². The van der Waals surface area contributed by atoms with Gasteiger partial charge in [0.1, 0.15) is 0 Å². The third-order valence-electron chi connectivity index (χ3n) is 13.4. The van der Waals surface area contributed by atoms with Gasteiger partial charge in [-0.1, -0.05) is 146 Å². The van der Waals surface area contributed by atoms with Crippen molar-refractivity contribution in [2.45, 2.75) is 0 Å². The molecule has 0 aliphatic heterocycles. The highest BCUT2D eigenvalue weighted by Gasteiger charge is 2.25. The van der Waals surface area contributed by atoms with Gasteiger partial charge in [0.2, 0.25) is 0 Å². The van der Waals surface area contributed by atoms with Crippen molar-refractivity contribution in [3.05, 3.63) is 206 Å². The van der Waals surface area contributed by atoms with Crippen molar-refractivity contribution in [1.82, 2.24) is 0 Å². The second-order valence-corrected chi connectivity index (χ2v) is 18.9. The van der Waals surface area contributed by atoms with E-state index in [4.69, 9.17) is 0 Å². The van der Waals surface area contributed by atoms with E-state index < -0.39 is 0 Å². The number of rotatable bonds is 2. The molecule has 0 fully saturated rings. The molecule has 13 aromatic rings. The first-order chi connectivity index (χ1) is 30.7. The monoisotopic (exact) mass is 818 g/mol. The number of benzene rings is 11. The Labute approximate surface area is 366 Å². The number of fused-ring (bicyclic) bond motifs is 20. The molecule has 286 valence electrons. The van der Waals surface area contributed by atoms with E-state index >= 15 is 0 Å². The van der Waals surface area contributed by atoms with Crippen molar-refractivity contribution in [1.29, 1.82) is 0 Å². The predicted molar refractivity (Wildman–Crippen MR) is 271 cm³/mol. The van der Waals surface area contributed by atoms with Gasteiger partial charge in [-0.3, -0.25) is 0 Å². The molecule has 2 heterocycles. The first kappa shape index (κ1) is 34.4. The van der Waals surface area contributed by atoms with Crippen LogP contribution in [-0.4, -0.2) is 0 Å². The quantitative estimate of drug-likeness (QED) is 0.152. The second-order valence-electron chi connectivity index (χ2n) is 16.7. The summed E-state index contributed by atoms with van der Waals surface area (Å²) in [6.45, 7) is 0. The topological polar surface area (TPSA) is 0 Å². The lowest BCUT2D eigenvalue weighted by Gasteiger charge is -2.25. The molecule has 14 rings (SSSR count). The molecule has 0 bridgehead atoms. The summed E-state index contributed by atoms with van der Waals surface area (Å²) < 4.78 is 5.31. The van der Waals surface area contributed by atoms with Gasteiger partial charge in [-0.05, 0) is 160 Å². The van der Waals surface area contributed by atoms with Crippen LogP contribution in [0.3, 0.4) is 0 Å². The molecule has 1 aliphatic carbocycles. The predicted octanol–water partition coefficient (Wildman–Crippen LogP) is 18.2. The van der Waals surface area contributed by atoms with E-state index in [0.717, 1.165) is 0 Å². The van der Waals surface area contributed by atoms with Crippen LogP contribution in [0.1, 0.15) is 0 Å². The van der Waals surface area contributed by atoms with Gasteiger partial charge in [0.25, 0.3) is 0 Å². The SMILES string of the molecule is c1ccc2c(c1)-c1cc(-c3ccc4sc5ccccc5c4c3)ccc1-c1ccc(-c3ccc4sc5ccccc5c4c3)cc1-c1cc3c4ccccc4c4ccccc4c3cc1-2. The third kappa shape index (κ3) is 4.99. The van der Waals surface area contributed by atoms with Crippen molar-refractivity contribution in [3.8, 4) is 66.8 Å². The fourth-order valence-corrected chi connectivity index (χ4v) is 12.7. The highest BCUT2D eigenvalue weighted by molar-refractivity contribution is 7.26. The molecule has 62 heavy (non-hydrogen) atoms. The normalized spacial score (nSPS) is 12.2. The lowest BCUT2D eigenvalue weighted by molar-refractivity contribution is 1.53. The lowest BCUT2D eigenvalue weighted by atomic mass is 9.78. The minimum Gasteiger partial charge on any atom is -0.135 e. The fraction of sp³-hybridized carbons (Fsp3) is 0. The molecule has 0 amide bonds. The Kier molecular flexibility index (Phi) is 7.24. The number of hydrogen-bond donors (Lipinski definition) is 0. The van der Waals surface area contributed by atoms with Crippen LogP contribution in [0.25, 0.3) is 139 Å². The van der Waals surface area contributed by atoms with Crippen LogP contribution in [0.5, 0.6) is 0 Å². The Morgan fingerprint density at radius 3 is 0.968 bits per heavy atom. The minimum atomic E-state index is 1.22. The fourth-order valence-electron chi connectivity index (χ4n) is 10.5. The second kappa shape index (κ2) is 13.1. The molecule has 0 radical (unpaired) electrons. The van der Waals surface area contributed by atoms with Crippen LogP contribution in [0.4, 0.5) is 0 Å². The van der Waals surface area contributed by atoms with Gasteiger partial charge < -0.3 is 0 Å². The largest absolute Gasteiger partial charge is 0.135 e. The van der Waals surface area contributed by atoms with Gasteiger partial charge in [-0.15, -0.1) is 22.7 Å². The molecular weight excluding hydrogens is 785 g/mol. The van der Waals surface area contributed by atoms with Crippen LogP contribution in [0, 0.1) is 0 Å². The van der Waals surface area contributed by atoms with Gasteiger partial charge in [-0.2, -0.15) is 0 Å². The maximum absolute atomic E-state index is 2.51. The summed E-state index contributed by atoms with van der Waals surface area (Å²) in [5, 5.41) is 13.0. The number of hydrogen-bond acceptors (Lipinski definition) is 2. The van der Waals surface area contributed by atoms with Gasteiger partial charge in [0.05, 0.1) is 0 Å². The Morgan fingerprint density at radius 2 is 0.484 bits per heavy atom. The van der Waals surface area contributed by atoms with Crippen LogP contribution in [-0.2, 0) is 0 Å². The molecule has 2 aromatic heterocycles. The van der Waals surface area contributed by atoms with E-state index in [1.807, 2.05) is 22.7 Å². The molecular formula is C60H34S2. The lowest BCUT2D eigenvalue weighted by Crippen LogP contribution is -1.99. The maximum atomic E-state index is 2.51. The number of thiophene rings is 2. The summed E-state index contributed by atoms with van der Waals surface area (Å²) >= 11 is 3.75. The average Bonchev–Trinajstić information content (AvgIpc) is 3.91. The van der Waals surface area contributed by atoms with Gasteiger partial charge in [0.15, 0.2) is 0 Å². The Morgan fingerprint density at radius 1 is 0.177 bits per heavy atom. The maximum Gasteiger partial charge on any atom is 0.0355 e. The summed E-state index contributed by atoms with van der Waals surface area (Å²) in [6, 6.07) is 78.0. The minimum absolute atomic E-state index is 1.22. The van der Waals surface area contributed by atoms with E-state index in [1.165, 1.54) is 139 Å². The van der Waals surface area contributed by atoms with Crippen molar-refractivity contribution in [2.75, 3.05) is 0 Å². The van der Waals surface area contributed by atoms with E-state index in [1.54, 1.807) is 0 Å². The van der Waals surface area contributed by atoms with Crippen molar-refractivity contribution in [3.63, 3.8) is 0 Å². The zero-order valence-electron chi connectivity index (χ0n) is 33.4. The van der Waals surface area contributed by atoms with E-state index in [9.17, 15) is 0 Å².